The SMILES string of the molecule is CCNCCc1c(C)nc(CS(C)(=O)=O)nc1C. The van der Waals surface area contributed by atoms with Crippen molar-refractivity contribution in [2.75, 3.05) is 19.3 Å². The molecule has 1 aromatic heterocycles. The van der Waals surface area contributed by atoms with Crippen molar-refractivity contribution in [2.45, 2.75) is 32.9 Å². The first-order chi connectivity index (χ1) is 8.33. The van der Waals surface area contributed by atoms with Gasteiger partial charge in [-0.1, -0.05) is 6.92 Å². The van der Waals surface area contributed by atoms with Crippen molar-refractivity contribution in [2.24, 2.45) is 0 Å². The number of sulfone groups is 1. The standard InChI is InChI=1S/C12H21N3O2S/c1-5-13-7-6-11-9(2)14-12(15-10(11)3)8-18(4,16)17/h13H,5-8H2,1-4H3. The van der Waals surface area contributed by atoms with Gasteiger partial charge in [-0.3, -0.25) is 0 Å². The molecule has 1 rings (SSSR count). The Bertz CT molecular complexity index is 489. The fraction of sp³-hybridized carbons (Fsp3) is 0.667. The van der Waals surface area contributed by atoms with Crippen LogP contribution < -0.4 is 5.32 Å². The monoisotopic (exact) mass is 271 g/mol. The van der Waals surface area contributed by atoms with E-state index in [9.17, 15) is 8.42 Å². The van der Waals surface area contributed by atoms with E-state index in [-0.39, 0.29) is 5.75 Å². The Morgan fingerprint density at radius 3 is 2.17 bits per heavy atom. The minimum Gasteiger partial charge on any atom is -0.317 e. The van der Waals surface area contributed by atoms with Gasteiger partial charge >= 0.3 is 0 Å². The highest BCUT2D eigenvalue weighted by molar-refractivity contribution is 7.89. The van der Waals surface area contributed by atoms with Crippen LogP contribution in [-0.2, 0) is 22.0 Å². The predicted molar refractivity (Wildman–Crippen MR) is 72.3 cm³/mol. The first-order valence-electron chi connectivity index (χ1n) is 6.05. The second-order valence-electron chi connectivity index (χ2n) is 4.46. The molecule has 1 N–H and O–H groups in total. The van der Waals surface area contributed by atoms with E-state index in [2.05, 4.69) is 22.2 Å². The number of aromatic nitrogens is 2. The van der Waals surface area contributed by atoms with Crippen LogP contribution in [0.1, 0.15) is 29.7 Å². The number of hydrogen-bond acceptors (Lipinski definition) is 5. The summed E-state index contributed by atoms with van der Waals surface area (Å²) in [4.78, 5) is 8.56. The van der Waals surface area contributed by atoms with Gasteiger partial charge in [-0.05, 0) is 38.9 Å². The van der Waals surface area contributed by atoms with Crippen molar-refractivity contribution in [3.8, 4) is 0 Å². The number of hydrogen-bond donors (Lipinski definition) is 1. The van der Waals surface area contributed by atoms with E-state index in [1.54, 1.807) is 0 Å². The summed E-state index contributed by atoms with van der Waals surface area (Å²) in [7, 11) is -3.08. The number of rotatable bonds is 6. The maximum absolute atomic E-state index is 11.2. The molecule has 1 aromatic rings. The third-order valence-electron chi connectivity index (χ3n) is 2.66. The minimum absolute atomic E-state index is 0.0951. The molecule has 0 saturated carbocycles. The summed E-state index contributed by atoms with van der Waals surface area (Å²) >= 11 is 0. The molecule has 0 radical (unpaired) electrons. The summed E-state index contributed by atoms with van der Waals surface area (Å²) in [5.41, 5.74) is 2.85. The molecule has 102 valence electrons. The van der Waals surface area contributed by atoms with Crippen LogP contribution >= 0.6 is 0 Å². The molecule has 0 aliphatic carbocycles. The van der Waals surface area contributed by atoms with Gasteiger partial charge < -0.3 is 5.32 Å². The van der Waals surface area contributed by atoms with Gasteiger partial charge in [0.15, 0.2) is 9.84 Å². The lowest BCUT2D eigenvalue weighted by molar-refractivity contribution is 0.599. The molecule has 0 bridgehead atoms. The van der Waals surface area contributed by atoms with Crippen molar-refractivity contribution in [3.05, 3.63) is 22.8 Å². The van der Waals surface area contributed by atoms with Crippen LogP contribution in [0, 0.1) is 13.8 Å². The van der Waals surface area contributed by atoms with Crippen molar-refractivity contribution in [1.82, 2.24) is 15.3 Å². The molecular weight excluding hydrogens is 250 g/mol. The molecule has 5 nitrogen and oxygen atoms in total. The number of nitrogens with zero attached hydrogens (tertiary/aromatic N) is 2. The molecule has 0 unspecified atom stereocenters. The number of aryl methyl sites for hydroxylation is 2. The molecule has 0 aromatic carbocycles. The normalized spacial score (nSPS) is 11.8. The van der Waals surface area contributed by atoms with Gasteiger partial charge in [0.2, 0.25) is 0 Å². The fourth-order valence-corrected chi connectivity index (χ4v) is 2.46. The summed E-state index contributed by atoms with van der Waals surface area (Å²) in [6, 6.07) is 0. The average Bonchev–Trinajstić information content (AvgIpc) is 2.19. The van der Waals surface area contributed by atoms with Crippen molar-refractivity contribution in [3.63, 3.8) is 0 Å². The van der Waals surface area contributed by atoms with Crippen LogP contribution in [0.3, 0.4) is 0 Å². The predicted octanol–water partition coefficient (Wildman–Crippen LogP) is 0.790. The topological polar surface area (TPSA) is 72.0 Å². The van der Waals surface area contributed by atoms with Crippen LogP contribution in [0.2, 0.25) is 0 Å². The molecule has 0 spiro atoms. The van der Waals surface area contributed by atoms with E-state index >= 15 is 0 Å². The van der Waals surface area contributed by atoms with Gasteiger partial charge in [0.25, 0.3) is 0 Å². The molecule has 0 aliphatic rings. The first kappa shape index (κ1) is 15.0. The van der Waals surface area contributed by atoms with Gasteiger partial charge in [0.1, 0.15) is 11.6 Å². The van der Waals surface area contributed by atoms with Crippen LogP contribution in [0.5, 0.6) is 0 Å². The second-order valence-corrected chi connectivity index (χ2v) is 6.60. The van der Waals surface area contributed by atoms with Crippen LogP contribution in [-0.4, -0.2) is 37.7 Å². The maximum Gasteiger partial charge on any atom is 0.154 e. The quantitative estimate of drug-likeness (QED) is 0.775. The van der Waals surface area contributed by atoms with Crippen molar-refractivity contribution < 1.29 is 8.42 Å². The zero-order valence-electron chi connectivity index (χ0n) is 11.4. The van der Waals surface area contributed by atoms with E-state index in [1.807, 2.05) is 13.8 Å². The maximum atomic E-state index is 11.2. The Hall–Kier alpha value is -1.01. The first-order valence-corrected chi connectivity index (χ1v) is 8.11. The highest BCUT2D eigenvalue weighted by Crippen LogP contribution is 2.12. The zero-order chi connectivity index (χ0) is 13.8. The number of likely N-dealkylation sites (N-methyl/N-ethyl adjacent to an activating group) is 1. The van der Waals surface area contributed by atoms with Gasteiger partial charge in [-0.15, -0.1) is 0 Å². The summed E-state index contributed by atoms with van der Waals surface area (Å²) in [6.07, 6.45) is 2.06. The Balaban J connectivity index is 2.90. The third-order valence-corrected chi connectivity index (χ3v) is 3.44. The second kappa shape index (κ2) is 6.24. The molecule has 18 heavy (non-hydrogen) atoms. The molecule has 0 aliphatic heterocycles. The lowest BCUT2D eigenvalue weighted by Gasteiger charge is -2.10. The fourth-order valence-electron chi connectivity index (χ4n) is 1.86. The van der Waals surface area contributed by atoms with E-state index in [1.165, 1.54) is 6.26 Å². The summed E-state index contributed by atoms with van der Waals surface area (Å²) in [6.45, 7) is 7.69. The average molecular weight is 271 g/mol. The molecule has 0 fully saturated rings. The summed E-state index contributed by atoms with van der Waals surface area (Å²) in [5, 5.41) is 3.25. The highest BCUT2D eigenvalue weighted by atomic mass is 32.2. The van der Waals surface area contributed by atoms with Gasteiger partial charge in [-0.2, -0.15) is 0 Å². The Kier molecular flexibility index (Phi) is 5.22. The largest absolute Gasteiger partial charge is 0.317 e. The molecule has 0 atom stereocenters. The highest BCUT2D eigenvalue weighted by Gasteiger charge is 2.12. The number of nitrogens with one attached hydrogen (secondary N) is 1. The molecule has 6 heteroatoms. The third kappa shape index (κ3) is 4.70. The molecule has 0 saturated heterocycles. The lowest BCUT2D eigenvalue weighted by atomic mass is 10.1. The zero-order valence-corrected chi connectivity index (χ0v) is 12.3. The molecule has 0 amide bonds. The van der Waals surface area contributed by atoms with E-state index in [0.29, 0.717) is 5.82 Å². The lowest BCUT2D eigenvalue weighted by Crippen LogP contribution is -2.18. The summed E-state index contributed by atoms with van der Waals surface area (Å²) in [5.74, 6) is 0.294. The molecule has 1 heterocycles. The van der Waals surface area contributed by atoms with Gasteiger partial charge in [0, 0.05) is 17.6 Å². The van der Waals surface area contributed by atoms with Crippen LogP contribution in [0.4, 0.5) is 0 Å². The minimum atomic E-state index is -3.08. The van der Waals surface area contributed by atoms with Gasteiger partial charge in [0.05, 0.1) is 0 Å². The van der Waals surface area contributed by atoms with E-state index < -0.39 is 9.84 Å². The van der Waals surface area contributed by atoms with E-state index in [4.69, 9.17) is 0 Å². The van der Waals surface area contributed by atoms with E-state index in [0.717, 1.165) is 36.5 Å². The van der Waals surface area contributed by atoms with Crippen LogP contribution in [0.25, 0.3) is 0 Å². The van der Waals surface area contributed by atoms with Gasteiger partial charge in [-0.25, -0.2) is 18.4 Å². The smallest absolute Gasteiger partial charge is 0.154 e. The summed E-state index contributed by atoms with van der Waals surface area (Å²) < 4.78 is 22.5. The molecular formula is C12H21N3O2S. The van der Waals surface area contributed by atoms with Crippen LogP contribution in [0.15, 0.2) is 0 Å². The Morgan fingerprint density at radius 2 is 1.72 bits per heavy atom. The van der Waals surface area contributed by atoms with Crippen molar-refractivity contribution in [1.29, 1.82) is 0 Å². The van der Waals surface area contributed by atoms with Crippen molar-refractivity contribution >= 4 is 9.84 Å². The Labute approximate surface area is 109 Å². The Morgan fingerprint density at radius 1 is 1.17 bits per heavy atom.